The lowest BCUT2D eigenvalue weighted by Gasteiger charge is -2.13. The zero-order valence-electron chi connectivity index (χ0n) is 10.8. The smallest absolute Gasteiger partial charge is 0.326 e. The van der Waals surface area contributed by atoms with Crippen LogP contribution in [0.4, 0.5) is 0 Å². The highest BCUT2D eigenvalue weighted by Crippen LogP contribution is 2.03. The Morgan fingerprint density at radius 1 is 1.53 bits per heavy atom. The Hall–Kier alpha value is -2.38. The molecule has 19 heavy (non-hydrogen) atoms. The molecule has 1 rings (SSSR count). The van der Waals surface area contributed by atoms with Gasteiger partial charge in [-0.1, -0.05) is 0 Å². The van der Waals surface area contributed by atoms with Crippen LogP contribution in [0.15, 0.2) is 6.07 Å². The summed E-state index contributed by atoms with van der Waals surface area (Å²) in [7, 11) is 2.71. The van der Waals surface area contributed by atoms with Gasteiger partial charge in [0.2, 0.25) is 0 Å². The fraction of sp³-hybridized carbons (Fsp3) is 0.455. The van der Waals surface area contributed by atoms with E-state index < -0.39 is 30.3 Å². The van der Waals surface area contributed by atoms with Gasteiger partial charge in [-0.15, -0.1) is 0 Å². The first-order valence-corrected chi connectivity index (χ1v) is 5.46. The lowest BCUT2D eigenvalue weighted by molar-refractivity contribution is -0.147. The van der Waals surface area contributed by atoms with Crippen LogP contribution < -0.4 is 5.32 Å². The second-order valence-corrected chi connectivity index (χ2v) is 3.94. The van der Waals surface area contributed by atoms with Crippen LogP contribution in [0, 0.1) is 6.92 Å². The molecule has 1 heterocycles. The molecule has 0 bridgehead atoms. The molecule has 0 saturated heterocycles. The zero-order valence-corrected chi connectivity index (χ0v) is 10.8. The van der Waals surface area contributed by atoms with Gasteiger partial charge in [0.15, 0.2) is 0 Å². The number of methoxy groups -OCH3 is 1. The second kappa shape index (κ2) is 5.98. The average molecular weight is 269 g/mol. The Kier molecular flexibility index (Phi) is 4.62. The Labute approximate surface area is 109 Å². The maximum Gasteiger partial charge on any atom is 0.326 e. The molecule has 0 unspecified atom stereocenters. The van der Waals surface area contributed by atoms with Crippen molar-refractivity contribution < 1.29 is 24.2 Å². The molecule has 1 amide bonds. The van der Waals surface area contributed by atoms with Gasteiger partial charge in [-0.05, 0) is 13.0 Å². The van der Waals surface area contributed by atoms with Crippen LogP contribution in [-0.2, 0) is 21.4 Å². The van der Waals surface area contributed by atoms with Gasteiger partial charge in [-0.3, -0.25) is 14.3 Å². The van der Waals surface area contributed by atoms with Crippen molar-refractivity contribution in [2.24, 2.45) is 7.05 Å². The summed E-state index contributed by atoms with van der Waals surface area (Å²) in [4.78, 5) is 33.9. The number of esters is 1. The van der Waals surface area contributed by atoms with Crippen LogP contribution in [0.1, 0.15) is 22.6 Å². The van der Waals surface area contributed by atoms with E-state index in [2.05, 4.69) is 15.2 Å². The number of hydrogen-bond donors (Lipinski definition) is 2. The highest BCUT2D eigenvalue weighted by molar-refractivity contribution is 5.96. The Morgan fingerprint density at radius 2 is 2.16 bits per heavy atom. The van der Waals surface area contributed by atoms with E-state index in [9.17, 15) is 14.4 Å². The van der Waals surface area contributed by atoms with Gasteiger partial charge in [0.1, 0.15) is 11.7 Å². The van der Waals surface area contributed by atoms with Crippen molar-refractivity contribution in [1.29, 1.82) is 0 Å². The molecule has 0 spiro atoms. The van der Waals surface area contributed by atoms with Gasteiger partial charge in [0.05, 0.1) is 19.2 Å². The van der Waals surface area contributed by atoms with E-state index in [1.54, 1.807) is 14.0 Å². The highest BCUT2D eigenvalue weighted by Gasteiger charge is 2.25. The SMILES string of the molecule is COC(=O)C[C@H](NC(=O)c1cc(C)nn1C)C(=O)O. The van der Waals surface area contributed by atoms with E-state index in [4.69, 9.17) is 5.11 Å². The number of nitrogens with one attached hydrogen (secondary N) is 1. The minimum Gasteiger partial charge on any atom is -0.480 e. The van der Waals surface area contributed by atoms with Gasteiger partial charge in [0.25, 0.3) is 5.91 Å². The molecule has 0 radical (unpaired) electrons. The predicted molar refractivity (Wildman–Crippen MR) is 63.5 cm³/mol. The number of rotatable bonds is 5. The molecule has 0 saturated carbocycles. The summed E-state index contributed by atoms with van der Waals surface area (Å²) in [5.74, 6) is -2.63. The fourth-order valence-electron chi connectivity index (χ4n) is 1.51. The third kappa shape index (κ3) is 3.80. The van der Waals surface area contributed by atoms with Crippen molar-refractivity contribution in [3.05, 3.63) is 17.5 Å². The number of nitrogens with zero attached hydrogens (tertiary/aromatic N) is 2. The molecule has 0 aliphatic rings. The minimum absolute atomic E-state index is 0.216. The van der Waals surface area contributed by atoms with Crippen molar-refractivity contribution in [2.45, 2.75) is 19.4 Å². The number of aryl methyl sites for hydroxylation is 2. The number of hydrogen-bond acceptors (Lipinski definition) is 5. The minimum atomic E-state index is -1.34. The summed E-state index contributed by atoms with van der Waals surface area (Å²) in [5, 5.41) is 15.2. The third-order valence-electron chi connectivity index (χ3n) is 2.44. The molecule has 1 aromatic rings. The van der Waals surface area contributed by atoms with Gasteiger partial charge in [0, 0.05) is 7.05 Å². The molecule has 2 N–H and O–H groups in total. The monoisotopic (exact) mass is 269 g/mol. The van der Waals surface area contributed by atoms with Gasteiger partial charge in [-0.25, -0.2) is 4.79 Å². The third-order valence-corrected chi connectivity index (χ3v) is 2.44. The lowest BCUT2D eigenvalue weighted by Crippen LogP contribution is -2.43. The molecular weight excluding hydrogens is 254 g/mol. The Bertz CT molecular complexity index is 508. The van der Waals surface area contributed by atoms with E-state index in [1.165, 1.54) is 10.7 Å². The van der Waals surface area contributed by atoms with Crippen molar-refractivity contribution >= 4 is 17.8 Å². The number of carboxylic acid groups (broad SMARTS) is 1. The summed E-state index contributed by atoms with van der Waals surface area (Å²) in [5.41, 5.74) is 0.848. The number of aliphatic carboxylic acids is 1. The lowest BCUT2D eigenvalue weighted by atomic mass is 10.2. The van der Waals surface area contributed by atoms with Gasteiger partial charge in [-0.2, -0.15) is 5.10 Å². The predicted octanol–water partition coefficient (Wildman–Crippen LogP) is -0.525. The normalized spacial score (nSPS) is 11.7. The quantitative estimate of drug-likeness (QED) is 0.695. The summed E-state index contributed by atoms with van der Waals surface area (Å²) in [6.45, 7) is 1.71. The standard InChI is InChI=1S/C11H15N3O5/c1-6-4-8(14(2)13-6)10(16)12-7(11(17)18)5-9(15)19-3/h4,7H,5H2,1-3H3,(H,12,16)(H,17,18)/t7-/m0/s1. The number of carboxylic acids is 1. The summed E-state index contributed by atoms with van der Waals surface area (Å²) < 4.78 is 5.71. The highest BCUT2D eigenvalue weighted by atomic mass is 16.5. The molecule has 8 nitrogen and oxygen atoms in total. The summed E-state index contributed by atoms with van der Waals surface area (Å²) >= 11 is 0. The first kappa shape index (κ1) is 14.7. The van der Waals surface area contributed by atoms with Gasteiger partial charge >= 0.3 is 11.9 Å². The number of carbonyl (C=O) groups is 3. The molecule has 1 atom stereocenters. The Balaban J connectivity index is 2.79. The van der Waals surface area contributed by atoms with Crippen LogP contribution in [0.3, 0.4) is 0 Å². The average Bonchev–Trinajstić information content (AvgIpc) is 2.67. The van der Waals surface area contributed by atoms with E-state index in [1.807, 2.05) is 0 Å². The van der Waals surface area contributed by atoms with E-state index in [-0.39, 0.29) is 5.69 Å². The summed E-state index contributed by atoms with van der Waals surface area (Å²) in [6, 6.07) is 0.182. The van der Waals surface area contributed by atoms with E-state index >= 15 is 0 Å². The molecule has 0 aromatic carbocycles. The number of carbonyl (C=O) groups excluding carboxylic acids is 2. The molecular formula is C11H15N3O5. The van der Waals surface area contributed by atoms with E-state index in [0.29, 0.717) is 5.69 Å². The molecule has 8 heteroatoms. The molecule has 1 aromatic heterocycles. The summed E-state index contributed by atoms with van der Waals surface area (Å²) in [6.07, 6.45) is -0.436. The van der Waals surface area contributed by atoms with Crippen molar-refractivity contribution in [3.63, 3.8) is 0 Å². The topological polar surface area (TPSA) is 111 Å². The maximum atomic E-state index is 11.9. The van der Waals surface area contributed by atoms with Crippen LogP contribution in [0.5, 0.6) is 0 Å². The number of aromatic nitrogens is 2. The molecule has 0 aliphatic carbocycles. The van der Waals surface area contributed by atoms with E-state index in [0.717, 1.165) is 7.11 Å². The molecule has 0 aliphatic heterocycles. The second-order valence-electron chi connectivity index (χ2n) is 3.94. The van der Waals surface area contributed by atoms with Crippen LogP contribution in [-0.4, -0.2) is 45.9 Å². The van der Waals surface area contributed by atoms with Crippen LogP contribution in [0.25, 0.3) is 0 Å². The first-order chi connectivity index (χ1) is 8.85. The number of amides is 1. The molecule has 0 fully saturated rings. The van der Waals surface area contributed by atoms with Crippen LogP contribution >= 0.6 is 0 Å². The zero-order chi connectivity index (χ0) is 14.6. The van der Waals surface area contributed by atoms with Crippen LogP contribution in [0.2, 0.25) is 0 Å². The first-order valence-electron chi connectivity index (χ1n) is 5.46. The van der Waals surface area contributed by atoms with Gasteiger partial charge < -0.3 is 15.2 Å². The fourth-order valence-corrected chi connectivity index (χ4v) is 1.51. The largest absolute Gasteiger partial charge is 0.480 e. The van der Waals surface area contributed by atoms with Crippen molar-refractivity contribution in [3.8, 4) is 0 Å². The maximum absolute atomic E-state index is 11.9. The molecule has 104 valence electrons. The van der Waals surface area contributed by atoms with Crippen molar-refractivity contribution in [1.82, 2.24) is 15.1 Å². The van der Waals surface area contributed by atoms with Crippen molar-refractivity contribution in [2.75, 3.05) is 7.11 Å². The Morgan fingerprint density at radius 3 is 2.58 bits per heavy atom. The number of ether oxygens (including phenoxy) is 1.